The lowest BCUT2D eigenvalue weighted by Crippen LogP contribution is -2.40. The molecule has 0 bridgehead atoms. The van der Waals surface area contributed by atoms with E-state index in [-0.39, 0.29) is 0 Å². The van der Waals surface area contributed by atoms with E-state index in [1.807, 2.05) is 0 Å². The van der Waals surface area contributed by atoms with Gasteiger partial charge in [0.05, 0.1) is 5.57 Å². The molecule has 0 heterocycles. The van der Waals surface area contributed by atoms with Gasteiger partial charge in [-0.1, -0.05) is 0 Å². The monoisotopic (exact) mass is 448 g/mol. The second-order valence-corrected chi connectivity index (χ2v) is 4.76. The summed E-state index contributed by atoms with van der Waals surface area (Å²) in [5, 5.41) is 0. The van der Waals surface area contributed by atoms with E-state index >= 15 is 0 Å². The fourth-order valence-electron chi connectivity index (χ4n) is 1.82. The zero-order valence-electron chi connectivity index (χ0n) is 12.0. The largest absolute Gasteiger partial charge is 0.458 e. The first-order valence-corrected chi connectivity index (χ1v) is 6.02. The van der Waals surface area contributed by atoms with Crippen molar-refractivity contribution in [2.45, 2.75) is 24.5 Å². The van der Waals surface area contributed by atoms with Crippen molar-refractivity contribution < 1.29 is 70.2 Å². The highest BCUT2D eigenvalue weighted by Crippen LogP contribution is 2.53. The normalized spacial score (nSPS) is 15.0. The summed E-state index contributed by atoms with van der Waals surface area (Å²) in [4.78, 5) is 0. The van der Waals surface area contributed by atoms with Crippen LogP contribution in [-0.2, 0) is 6.18 Å². The summed E-state index contributed by atoms with van der Waals surface area (Å²) in [6.45, 7) is 0. The summed E-state index contributed by atoms with van der Waals surface area (Å²) < 4.78 is 206. The van der Waals surface area contributed by atoms with E-state index < -0.39 is 70.2 Å². The van der Waals surface area contributed by atoms with Crippen LogP contribution in [-0.4, -0.2) is 18.3 Å². The van der Waals surface area contributed by atoms with E-state index in [0.717, 1.165) is 0 Å². The third-order valence-corrected chi connectivity index (χ3v) is 2.94. The van der Waals surface area contributed by atoms with Gasteiger partial charge in [-0.3, -0.25) is 0 Å². The Kier molecular flexibility index (Phi) is 5.73. The van der Waals surface area contributed by atoms with Gasteiger partial charge in [0.15, 0.2) is 23.3 Å². The van der Waals surface area contributed by atoms with Crippen molar-refractivity contribution in [2.75, 3.05) is 0 Å². The summed E-state index contributed by atoms with van der Waals surface area (Å²) in [6.07, 6.45) is -20.8. The Morgan fingerprint density at radius 2 is 0.964 bits per heavy atom. The summed E-state index contributed by atoms with van der Waals surface area (Å²) >= 11 is 0. The Bertz CT molecular complexity index is 803. The molecule has 0 N–H and O–H groups in total. The number of alkyl halides is 11. The van der Waals surface area contributed by atoms with Crippen molar-refractivity contribution in [1.82, 2.24) is 0 Å². The van der Waals surface area contributed by atoms with Gasteiger partial charge < -0.3 is 0 Å². The molecule has 0 nitrogen and oxygen atoms in total. The van der Waals surface area contributed by atoms with Crippen LogP contribution in [0.3, 0.4) is 0 Å². The molecule has 0 saturated heterocycles. The molecule has 0 aliphatic carbocycles. The highest BCUT2D eigenvalue weighted by Gasteiger charge is 2.65. The SMILES string of the molecule is FC(=C(c1c(F)c(F)c(F)c(F)c1C(F)(F)F)C(F)(F)C(F)(F)F)C(F)(F)F. The lowest BCUT2D eigenvalue weighted by molar-refractivity contribution is -0.255. The number of halogens is 16. The number of allylic oxidation sites excluding steroid dienone is 2. The summed E-state index contributed by atoms with van der Waals surface area (Å²) in [7, 11) is 0. The number of hydrogen-bond donors (Lipinski definition) is 0. The van der Waals surface area contributed by atoms with E-state index in [4.69, 9.17) is 0 Å². The summed E-state index contributed by atoms with van der Waals surface area (Å²) in [5.41, 5.74) is -12.1. The van der Waals surface area contributed by atoms with Gasteiger partial charge >= 0.3 is 24.5 Å². The Morgan fingerprint density at radius 1 is 0.571 bits per heavy atom. The molecule has 160 valence electrons. The maximum Gasteiger partial charge on any atom is 0.458 e. The molecule has 1 rings (SSSR count). The van der Waals surface area contributed by atoms with Crippen molar-refractivity contribution in [3.63, 3.8) is 0 Å². The lowest BCUT2D eigenvalue weighted by atomic mass is 9.91. The maximum atomic E-state index is 13.6. The van der Waals surface area contributed by atoms with E-state index in [1.165, 1.54) is 0 Å². The number of rotatable bonds is 2. The summed E-state index contributed by atoms with van der Waals surface area (Å²) in [6, 6.07) is 0. The van der Waals surface area contributed by atoms with E-state index in [0.29, 0.717) is 0 Å². The molecule has 16 heteroatoms. The van der Waals surface area contributed by atoms with Crippen molar-refractivity contribution in [2.24, 2.45) is 0 Å². The Balaban J connectivity index is 4.38. The minimum atomic E-state index is -7.29. The van der Waals surface area contributed by atoms with Crippen LogP contribution in [0, 0.1) is 23.3 Å². The highest BCUT2D eigenvalue weighted by atomic mass is 19.4. The average Bonchev–Trinajstić information content (AvgIpc) is 2.46. The lowest BCUT2D eigenvalue weighted by Gasteiger charge is -2.26. The summed E-state index contributed by atoms with van der Waals surface area (Å²) in [5.74, 6) is -26.2. The van der Waals surface area contributed by atoms with Crippen LogP contribution >= 0.6 is 0 Å². The van der Waals surface area contributed by atoms with E-state index in [1.54, 1.807) is 0 Å². The standard InChI is InChI=1S/C12F16/c13-4-1(2(10(20,21)22)5(14)7(16)6(4)15)3(8(17)11(23,24)25)9(18,19)12(26,27)28. The average molecular weight is 448 g/mol. The first kappa shape index (κ1) is 23.9. The molecular formula is C12F16. The van der Waals surface area contributed by atoms with Crippen LogP contribution in [0.25, 0.3) is 5.57 Å². The molecule has 0 radical (unpaired) electrons. The van der Waals surface area contributed by atoms with Crippen LogP contribution in [0.15, 0.2) is 5.83 Å². The topological polar surface area (TPSA) is 0 Å². The molecule has 1 aromatic rings. The van der Waals surface area contributed by atoms with Gasteiger partial charge in [0.1, 0.15) is 5.56 Å². The van der Waals surface area contributed by atoms with Crippen LogP contribution in [0.5, 0.6) is 0 Å². The Hall–Kier alpha value is -2.16. The van der Waals surface area contributed by atoms with Crippen molar-refractivity contribution >= 4 is 5.57 Å². The molecule has 0 aromatic heterocycles. The second kappa shape index (κ2) is 6.72. The van der Waals surface area contributed by atoms with Gasteiger partial charge in [-0.2, -0.15) is 48.3 Å². The minimum absolute atomic E-state index is 3.41. The van der Waals surface area contributed by atoms with Crippen molar-refractivity contribution in [1.29, 1.82) is 0 Å². The molecule has 0 spiro atoms. The molecule has 0 fully saturated rings. The first-order chi connectivity index (χ1) is 12.2. The second-order valence-electron chi connectivity index (χ2n) is 4.76. The van der Waals surface area contributed by atoms with Crippen LogP contribution in [0.2, 0.25) is 0 Å². The van der Waals surface area contributed by atoms with Gasteiger partial charge in [-0.15, -0.1) is 0 Å². The molecule has 28 heavy (non-hydrogen) atoms. The maximum absolute atomic E-state index is 13.6. The fourth-order valence-corrected chi connectivity index (χ4v) is 1.82. The zero-order valence-corrected chi connectivity index (χ0v) is 12.0. The number of benzene rings is 1. The van der Waals surface area contributed by atoms with Gasteiger partial charge in [-0.25, -0.2) is 22.0 Å². The highest BCUT2D eigenvalue weighted by molar-refractivity contribution is 5.77. The smallest absolute Gasteiger partial charge is 0.203 e. The third-order valence-electron chi connectivity index (χ3n) is 2.94. The van der Waals surface area contributed by atoms with Gasteiger partial charge in [0, 0.05) is 5.56 Å². The molecule has 0 unspecified atom stereocenters. The number of hydrogen-bond acceptors (Lipinski definition) is 0. The van der Waals surface area contributed by atoms with Crippen LogP contribution in [0.1, 0.15) is 11.1 Å². The fraction of sp³-hybridized carbons (Fsp3) is 0.333. The molecule has 0 saturated carbocycles. The minimum Gasteiger partial charge on any atom is -0.203 e. The Labute approximate surface area is 142 Å². The van der Waals surface area contributed by atoms with E-state index in [2.05, 4.69) is 0 Å². The molecular weight excluding hydrogens is 448 g/mol. The van der Waals surface area contributed by atoms with Gasteiger partial charge in [0.2, 0.25) is 5.83 Å². The van der Waals surface area contributed by atoms with Gasteiger partial charge in [-0.05, 0) is 0 Å². The molecule has 0 atom stereocenters. The predicted molar refractivity (Wildman–Crippen MR) is 56.4 cm³/mol. The van der Waals surface area contributed by atoms with Crippen molar-refractivity contribution in [3.8, 4) is 0 Å². The van der Waals surface area contributed by atoms with Crippen LogP contribution < -0.4 is 0 Å². The first-order valence-electron chi connectivity index (χ1n) is 6.02. The quantitative estimate of drug-likeness (QED) is 0.268. The van der Waals surface area contributed by atoms with E-state index in [9.17, 15) is 70.2 Å². The zero-order chi connectivity index (χ0) is 22.6. The van der Waals surface area contributed by atoms with Gasteiger partial charge in [0.25, 0.3) is 0 Å². The predicted octanol–water partition coefficient (Wildman–Crippen LogP) is 6.70. The molecule has 0 aliphatic rings. The third kappa shape index (κ3) is 3.85. The Morgan fingerprint density at radius 3 is 1.29 bits per heavy atom. The molecule has 1 aromatic carbocycles. The molecule has 0 aliphatic heterocycles. The molecule has 0 amide bonds. The van der Waals surface area contributed by atoms with Crippen LogP contribution in [0.4, 0.5) is 70.2 Å². The van der Waals surface area contributed by atoms with Crippen molar-refractivity contribution in [3.05, 3.63) is 40.2 Å².